The van der Waals surface area contributed by atoms with Gasteiger partial charge in [-0.25, -0.2) is 4.79 Å². The molecule has 0 aromatic carbocycles. The summed E-state index contributed by atoms with van der Waals surface area (Å²) in [6, 6.07) is 0. The molecule has 0 aromatic rings. The molecule has 0 bridgehead atoms. The minimum absolute atomic E-state index is 0.245. The number of aliphatic hydroxyl groups excluding tert-OH is 2. The summed E-state index contributed by atoms with van der Waals surface area (Å²) in [4.78, 5) is 37.3. The largest absolute Gasteiger partial charge is 0.455 e. The van der Waals surface area contributed by atoms with Gasteiger partial charge in [-0.15, -0.1) is 0 Å². The SMILES string of the molecule is C=C/C(C)=C/C[C@]1(C)[C@H](C)[C@@H](O)[C@@H](O)[C@@]23C(=C[C@H](OC(=O)C=C/C=C/CCCCC)C[C@@H]12)[C@@H](OC(C)=O)O[C@H]3OC(C)=O. The highest BCUT2D eigenvalue weighted by Crippen LogP contribution is 2.67. The third kappa shape index (κ3) is 7.21. The van der Waals surface area contributed by atoms with Crippen LogP contribution in [0.3, 0.4) is 0 Å². The number of hydrogen-bond acceptors (Lipinski definition) is 9. The van der Waals surface area contributed by atoms with Crippen LogP contribution in [0.2, 0.25) is 0 Å². The van der Waals surface area contributed by atoms with Crippen molar-refractivity contribution in [1.29, 1.82) is 0 Å². The molecule has 0 unspecified atom stereocenters. The van der Waals surface area contributed by atoms with Crippen LogP contribution in [0.1, 0.15) is 80.1 Å². The lowest BCUT2D eigenvalue weighted by atomic mass is 9.44. The maximum Gasteiger partial charge on any atom is 0.331 e. The van der Waals surface area contributed by atoms with Gasteiger partial charge >= 0.3 is 17.9 Å². The molecule has 2 N–H and O–H groups in total. The zero-order valence-electron chi connectivity index (χ0n) is 26.3. The summed E-state index contributed by atoms with van der Waals surface area (Å²) in [5.74, 6) is -2.83. The summed E-state index contributed by atoms with van der Waals surface area (Å²) >= 11 is 0. The molecule has 3 rings (SSSR count). The van der Waals surface area contributed by atoms with Crippen LogP contribution in [0.25, 0.3) is 0 Å². The number of ether oxygens (including phenoxy) is 4. The van der Waals surface area contributed by atoms with E-state index in [9.17, 15) is 24.6 Å². The Morgan fingerprint density at radius 3 is 2.42 bits per heavy atom. The number of allylic oxidation sites excluding steroid dienone is 6. The van der Waals surface area contributed by atoms with Crippen molar-refractivity contribution >= 4 is 17.9 Å². The number of hydrogen-bond donors (Lipinski definition) is 2. The predicted molar refractivity (Wildman–Crippen MR) is 161 cm³/mol. The maximum absolute atomic E-state index is 12.9. The predicted octanol–water partition coefficient (Wildman–Crippen LogP) is 5.23. The van der Waals surface area contributed by atoms with Crippen LogP contribution in [0.5, 0.6) is 0 Å². The van der Waals surface area contributed by atoms with Gasteiger partial charge in [0, 0.05) is 25.5 Å². The lowest BCUT2D eigenvalue weighted by Gasteiger charge is -2.61. The average molecular weight is 601 g/mol. The highest BCUT2D eigenvalue weighted by atomic mass is 16.8. The van der Waals surface area contributed by atoms with Crippen LogP contribution in [-0.4, -0.2) is 59.0 Å². The Kier molecular flexibility index (Phi) is 11.7. The minimum Gasteiger partial charge on any atom is -0.455 e. The van der Waals surface area contributed by atoms with Crippen molar-refractivity contribution in [3.8, 4) is 0 Å². The van der Waals surface area contributed by atoms with Gasteiger partial charge in [0.1, 0.15) is 6.10 Å². The van der Waals surface area contributed by atoms with Gasteiger partial charge in [-0.3, -0.25) is 14.3 Å². The first-order valence-electron chi connectivity index (χ1n) is 15.2. The Balaban J connectivity index is 2.09. The van der Waals surface area contributed by atoms with Gasteiger partial charge in [0.15, 0.2) is 0 Å². The smallest absolute Gasteiger partial charge is 0.331 e. The van der Waals surface area contributed by atoms with E-state index < -0.39 is 71.5 Å². The van der Waals surface area contributed by atoms with Gasteiger partial charge in [0.2, 0.25) is 12.6 Å². The van der Waals surface area contributed by atoms with E-state index in [4.69, 9.17) is 18.9 Å². The minimum atomic E-state index is -1.47. The van der Waals surface area contributed by atoms with E-state index >= 15 is 0 Å². The summed E-state index contributed by atoms with van der Waals surface area (Å²) in [6.45, 7) is 14.2. The Morgan fingerprint density at radius 2 is 1.79 bits per heavy atom. The van der Waals surface area contributed by atoms with E-state index in [0.29, 0.717) is 12.0 Å². The third-order valence-electron chi connectivity index (χ3n) is 9.42. The molecule has 9 heteroatoms. The molecule has 2 fully saturated rings. The van der Waals surface area contributed by atoms with Crippen LogP contribution in [0.15, 0.2) is 60.3 Å². The molecule has 0 radical (unpaired) electrons. The fourth-order valence-electron chi connectivity index (χ4n) is 6.92. The summed E-state index contributed by atoms with van der Waals surface area (Å²) in [6.07, 6.45) is 11.1. The monoisotopic (exact) mass is 600 g/mol. The third-order valence-corrected chi connectivity index (χ3v) is 9.42. The van der Waals surface area contributed by atoms with E-state index in [0.717, 1.165) is 31.3 Å². The molecule has 238 valence electrons. The second-order valence-corrected chi connectivity index (χ2v) is 12.2. The summed E-state index contributed by atoms with van der Waals surface area (Å²) in [5, 5.41) is 23.3. The van der Waals surface area contributed by atoms with Crippen molar-refractivity contribution < 1.29 is 43.5 Å². The van der Waals surface area contributed by atoms with E-state index in [-0.39, 0.29) is 6.42 Å². The molecule has 9 atom stereocenters. The Labute approximate surface area is 255 Å². The number of unbranched alkanes of at least 4 members (excludes halogenated alkanes) is 3. The first-order valence-corrected chi connectivity index (χ1v) is 15.2. The summed E-state index contributed by atoms with van der Waals surface area (Å²) in [5.41, 5.74) is -0.946. The second kappa shape index (κ2) is 14.6. The molecule has 3 aliphatic rings. The number of carbonyl (C=O) groups is 3. The Morgan fingerprint density at radius 1 is 1.09 bits per heavy atom. The van der Waals surface area contributed by atoms with Crippen LogP contribution in [0.4, 0.5) is 0 Å². The highest BCUT2D eigenvalue weighted by Gasteiger charge is 2.73. The topological polar surface area (TPSA) is 129 Å². The van der Waals surface area contributed by atoms with Crippen LogP contribution in [-0.2, 0) is 33.3 Å². The van der Waals surface area contributed by atoms with Gasteiger partial charge in [-0.05, 0) is 55.9 Å². The standard InChI is InChI=1S/C34H48O9/c1-8-10-11-12-13-14-15-16-28(37)42-25-19-26-31(40-23(5)35)43-32(41-24(6)36)34(26)27(20-25)33(7,18-17-21(3)9-2)22(4)29(38)30(34)39/h9,13-17,19,22,25,27,29-32,38-39H,2,8,10-12,18,20H2,1,3-7H3/b14-13+,16-15?,21-17+/t22-,25+,27+,29-,30-,31+,32-,33-,34-/m1/s1. The average Bonchev–Trinajstić information content (AvgIpc) is 3.24. The Bertz CT molecular complexity index is 1170. The lowest BCUT2D eigenvalue weighted by molar-refractivity contribution is -0.272. The molecule has 0 amide bonds. The fraction of sp³-hybridized carbons (Fsp3) is 0.618. The molecule has 9 nitrogen and oxygen atoms in total. The molecule has 0 aromatic heterocycles. The van der Waals surface area contributed by atoms with Crippen molar-refractivity contribution in [2.75, 3.05) is 0 Å². The van der Waals surface area contributed by atoms with Crippen molar-refractivity contribution in [3.05, 3.63) is 60.3 Å². The molecule has 1 saturated heterocycles. The van der Waals surface area contributed by atoms with Gasteiger partial charge in [0.05, 0.1) is 17.6 Å². The molecule has 2 aliphatic carbocycles. The highest BCUT2D eigenvalue weighted by molar-refractivity contribution is 5.82. The van der Waals surface area contributed by atoms with Gasteiger partial charge in [-0.2, -0.15) is 0 Å². The Hall–Kier alpha value is -3.01. The van der Waals surface area contributed by atoms with Crippen molar-refractivity contribution in [3.63, 3.8) is 0 Å². The molecule has 1 spiro atoms. The number of esters is 3. The first kappa shape index (κ1) is 34.5. The van der Waals surface area contributed by atoms with Crippen LogP contribution < -0.4 is 0 Å². The zero-order chi connectivity index (χ0) is 31.9. The molecular formula is C34H48O9. The molecule has 43 heavy (non-hydrogen) atoms. The first-order chi connectivity index (χ1) is 20.3. The summed E-state index contributed by atoms with van der Waals surface area (Å²) in [7, 11) is 0. The normalized spacial score (nSPS) is 35.7. The summed E-state index contributed by atoms with van der Waals surface area (Å²) < 4.78 is 23.1. The van der Waals surface area contributed by atoms with Crippen LogP contribution in [0, 0.1) is 22.7 Å². The van der Waals surface area contributed by atoms with E-state index in [1.54, 1.807) is 18.2 Å². The molecular weight excluding hydrogens is 552 g/mol. The fourth-order valence-corrected chi connectivity index (χ4v) is 6.92. The van der Waals surface area contributed by atoms with Crippen LogP contribution >= 0.6 is 0 Å². The molecule has 1 heterocycles. The van der Waals surface area contributed by atoms with Crippen molar-refractivity contribution in [2.24, 2.45) is 22.7 Å². The van der Waals surface area contributed by atoms with Gasteiger partial charge < -0.3 is 24.4 Å². The second-order valence-electron chi connectivity index (χ2n) is 12.2. The van der Waals surface area contributed by atoms with Crippen molar-refractivity contribution in [2.45, 2.75) is 111 Å². The van der Waals surface area contributed by atoms with E-state index in [1.165, 1.54) is 19.9 Å². The lowest BCUT2D eigenvalue weighted by Crippen LogP contribution is -2.68. The van der Waals surface area contributed by atoms with Crippen molar-refractivity contribution in [1.82, 2.24) is 0 Å². The molecule has 1 saturated carbocycles. The van der Waals surface area contributed by atoms with Gasteiger partial charge in [-0.1, -0.05) is 76.1 Å². The zero-order valence-corrected chi connectivity index (χ0v) is 26.3. The maximum atomic E-state index is 12.9. The number of carbonyl (C=O) groups excluding carboxylic acids is 3. The quantitative estimate of drug-likeness (QED) is 0.0772. The van der Waals surface area contributed by atoms with E-state index in [1.807, 2.05) is 39.0 Å². The number of aliphatic hydroxyl groups is 2. The van der Waals surface area contributed by atoms with E-state index in [2.05, 4.69) is 13.5 Å². The van der Waals surface area contributed by atoms with Gasteiger partial charge in [0.25, 0.3) is 0 Å². The number of rotatable bonds is 12. The molecule has 1 aliphatic heterocycles.